The first-order valence-corrected chi connectivity index (χ1v) is 11.4. The molecular weight excluding hydrogens is 419 g/mol. The number of benzene rings is 2. The number of nitrogens with two attached hydrogens (primary N) is 1. The third kappa shape index (κ3) is 4.57. The Hall–Kier alpha value is -3.37. The molecule has 0 fully saturated rings. The minimum absolute atomic E-state index is 0.0283. The monoisotopic (exact) mass is 448 g/mol. The number of fused-ring (bicyclic) bond motifs is 2. The van der Waals surface area contributed by atoms with E-state index in [1.807, 2.05) is 24.4 Å². The molecule has 2 aromatic carbocycles. The summed E-state index contributed by atoms with van der Waals surface area (Å²) in [6.07, 6.45) is 5.29. The number of amides is 1. The second-order valence-electron chi connectivity index (χ2n) is 8.75. The molecule has 3 N–H and O–H groups in total. The lowest BCUT2D eigenvalue weighted by Crippen LogP contribution is -2.48. The molecule has 33 heavy (non-hydrogen) atoms. The predicted molar refractivity (Wildman–Crippen MR) is 126 cm³/mol. The summed E-state index contributed by atoms with van der Waals surface area (Å²) in [5.74, 6) is -0.875. The SMILES string of the molecule is CCCN([C@H]1COc2c(F)ccc(C(N)=O)c2C1)[C@H](C)CCc1c[nH]c2ccc(C#N)cc12. The van der Waals surface area contributed by atoms with Crippen molar-refractivity contribution in [2.45, 2.75) is 51.6 Å². The minimum atomic E-state index is -0.568. The fraction of sp³-hybridized carbons (Fsp3) is 0.385. The molecule has 0 radical (unpaired) electrons. The van der Waals surface area contributed by atoms with Gasteiger partial charge in [-0.1, -0.05) is 6.92 Å². The number of carbonyl (C=O) groups is 1. The second-order valence-corrected chi connectivity index (χ2v) is 8.75. The first kappa shape index (κ1) is 22.8. The average Bonchev–Trinajstić information content (AvgIpc) is 3.22. The number of aryl methyl sites for hydroxylation is 1. The smallest absolute Gasteiger partial charge is 0.249 e. The molecule has 4 rings (SSSR count). The predicted octanol–water partition coefficient (Wildman–Crippen LogP) is 4.31. The maximum atomic E-state index is 14.3. The lowest BCUT2D eigenvalue weighted by atomic mass is 9.94. The van der Waals surface area contributed by atoms with Gasteiger partial charge in [-0.2, -0.15) is 5.26 Å². The van der Waals surface area contributed by atoms with E-state index in [9.17, 15) is 14.4 Å². The highest BCUT2D eigenvalue weighted by atomic mass is 19.1. The Kier molecular flexibility index (Phi) is 6.66. The number of H-pyrrole nitrogens is 1. The zero-order chi connectivity index (χ0) is 23.5. The molecule has 0 unspecified atom stereocenters. The topological polar surface area (TPSA) is 95.1 Å². The molecule has 1 amide bonds. The second kappa shape index (κ2) is 9.63. The summed E-state index contributed by atoms with van der Waals surface area (Å²) in [4.78, 5) is 17.6. The molecule has 0 bridgehead atoms. The Morgan fingerprint density at radius 1 is 1.39 bits per heavy atom. The van der Waals surface area contributed by atoms with Gasteiger partial charge in [-0.05, 0) is 75.0 Å². The lowest BCUT2D eigenvalue weighted by Gasteiger charge is -2.39. The van der Waals surface area contributed by atoms with Crippen LogP contribution in [0, 0.1) is 17.1 Å². The van der Waals surface area contributed by atoms with E-state index in [0.717, 1.165) is 36.7 Å². The van der Waals surface area contributed by atoms with Crippen molar-refractivity contribution in [3.63, 3.8) is 0 Å². The summed E-state index contributed by atoms with van der Waals surface area (Å²) >= 11 is 0. The van der Waals surface area contributed by atoms with Crippen molar-refractivity contribution in [3.05, 3.63) is 64.6 Å². The van der Waals surface area contributed by atoms with Crippen LogP contribution in [0.15, 0.2) is 36.5 Å². The number of ether oxygens (including phenoxy) is 1. The molecule has 2 heterocycles. The van der Waals surface area contributed by atoms with Gasteiger partial charge in [0.15, 0.2) is 11.6 Å². The van der Waals surface area contributed by atoms with Gasteiger partial charge in [-0.25, -0.2) is 4.39 Å². The van der Waals surface area contributed by atoms with Crippen molar-refractivity contribution < 1.29 is 13.9 Å². The normalized spacial score (nSPS) is 16.3. The Labute approximate surface area is 193 Å². The minimum Gasteiger partial charge on any atom is -0.489 e. The van der Waals surface area contributed by atoms with Crippen LogP contribution in [0.5, 0.6) is 5.75 Å². The number of primary amides is 1. The average molecular weight is 449 g/mol. The van der Waals surface area contributed by atoms with Crippen molar-refractivity contribution in [1.29, 1.82) is 5.26 Å². The van der Waals surface area contributed by atoms with Crippen molar-refractivity contribution >= 4 is 16.8 Å². The van der Waals surface area contributed by atoms with Crippen molar-refractivity contribution in [3.8, 4) is 11.8 Å². The molecule has 0 spiro atoms. The van der Waals surface area contributed by atoms with Crippen molar-refractivity contribution in [2.75, 3.05) is 13.2 Å². The third-order valence-electron chi connectivity index (χ3n) is 6.58. The molecule has 1 aliphatic heterocycles. The molecule has 6 nitrogen and oxygen atoms in total. The molecule has 1 aromatic heterocycles. The Morgan fingerprint density at radius 2 is 2.21 bits per heavy atom. The molecule has 1 aliphatic rings. The van der Waals surface area contributed by atoms with Crippen LogP contribution >= 0.6 is 0 Å². The summed E-state index contributed by atoms with van der Waals surface area (Å²) in [5, 5.41) is 10.3. The summed E-state index contributed by atoms with van der Waals surface area (Å²) < 4.78 is 20.1. The van der Waals surface area contributed by atoms with E-state index in [1.54, 1.807) is 0 Å². The van der Waals surface area contributed by atoms with Crippen LogP contribution in [-0.4, -0.2) is 41.0 Å². The Balaban J connectivity index is 1.52. The van der Waals surface area contributed by atoms with Gasteiger partial charge in [0.25, 0.3) is 0 Å². The highest BCUT2D eigenvalue weighted by molar-refractivity contribution is 5.95. The number of hydrogen-bond acceptors (Lipinski definition) is 4. The molecule has 7 heteroatoms. The van der Waals surface area contributed by atoms with Crippen LogP contribution < -0.4 is 10.5 Å². The molecular formula is C26H29FN4O2. The van der Waals surface area contributed by atoms with Gasteiger partial charge in [0.1, 0.15) is 6.61 Å². The largest absolute Gasteiger partial charge is 0.489 e. The number of aromatic amines is 1. The zero-order valence-corrected chi connectivity index (χ0v) is 19.0. The van der Waals surface area contributed by atoms with E-state index in [-0.39, 0.29) is 17.8 Å². The Bertz CT molecular complexity index is 1210. The molecule has 3 aromatic rings. The quantitative estimate of drug-likeness (QED) is 0.537. The number of rotatable bonds is 8. The number of halogens is 1. The van der Waals surface area contributed by atoms with Crippen LogP contribution in [0.3, 0.4) is 0 Å². The molecule has 172 valence electrons. The van der Waals surface area contributed by atoms with Crippen LogP contribution in [0.2, 0.25) is 0 Å². The van der Waals surface area contributed by atoms with Gasteiger partial charge in [0.05, 0.1) is 11.6 Å². The summed E-state index contributed by atoms with van der Waals surface area (Å²) in [6.45, 7) is 5.57. The van der Waals surface area contributed by atoms with Gasteiger partial charge < -0.3 is 15.5 Å². The van der Waals surface area contributed by atoms with Gasteiger partial charge in [0, 0.05) is 40.3 Å². The summed E-state index contributed by atoms with van der Waals surface area (Å²) in [5.41, 5.74) is 9.30. The maximum Gasteiger partial charge on any atom is 0.249 e. The summed E-state index contributed by atoms with van der Waals surface area (Å²) in [6, 6.07) is 10.9. The number of carbonyl (C=O) groups excluding carboxylic acids is 1. The van der Waals surface area contributed by atoms with Crippen molar-refractivity contribution in [2.24, 2.45) is 5.73 Å². The van der Waals surface area contributed by atoms with Crippen LogP contribution in [0.4, 0.5) is 4.39 Å². The van der Waals surface area contributed by atoms with Crippen LogP contribution in [0.1, 0.15) is 53.7 Å². The van der Waals surface area contributed by atoms with E-state index in [2.05, 4.69) is 29.8 Å². The summed E-state index contributed by atoms with van der Waals surface area (Å²) in [7, 11) is 0. The zero-order valence-electron chi connectivity index (χ0n) is 19.0. The number of hydrogen-bond donors (Lipinski definition) is 2. The first-order valence-electron chi connectivity index (χ1n) is 11.4. The molecule has 0 saturated heterocycles. The van der Waals surface area contributed by atoms with Gasteiger partial charge in [-0.15, -0.1) is 0 Å². The number of nitrogens with zero attached hydrogens (tertiary/aromatic N) is 2. The van der Waals surface area contributed by atoms with Gasteiger partial charge in [0.2, 0.25) is 5.91 Å². The van der Waals surface area contributed by atoms with Gasteiger partial charge in [-0.3, -0.25) is 9.69 Å². The fourth-order valence-electron chi connectivity index (χ4n) is 4.88. The fourth-order valence-corrected chi connectivity index (χ4v) is 4.88. The highest BCUT2D eigenvalue weighted by Crippen LogP contribution is 2.33. The number of nitrogens with one attached hydrogen (secondary N) is 1. The Morgan fingerprint density at radius 3 is 2.94 bits per heavy atom. The number of aromatic nitrogens is 1. The maximum absolute atomic E-state index is 14.3. The van der Waals surface area contributed by atoms with Crippen LogP contribution in [0.25, 0.3) is 10.9 Å². The molecule has 2 atom stereocenters. The number of nitriles is 1. The standard InChI is InChI=1S/C26H29FN4O2/c1-3-10-31(19-12-22-20(26(29)32)7-8-23(27)25(22)33-15-19)16(2)4-6-18-14-30-24-9-5-17(13-28)11-21(18)24/h5,7-9,11,14,16,19,30H,3-4,6,10,12,15H2,1-2H3,(H2,29,32)/t16-,19-/m1/s1. The highest BCUT2D eigenvalue weighted by Gasteiger charge is 2.32. The van der Waals surface area contributed by atoms with E-state index < -0.39 is 11.7 Å². The van der Waals surface area contributed by atoms with E-state index in [1.165, 1.54) is 17.7 Å². The van der Waals surface area contributed by atoms with Crippen LogP contribution in [-0.2, 0) is 12.8 Å². The molecule has 0 saturated carbocycles. The van der Waals surface area contributed by atoms with Crippen molar-refractivity contribution in [1.82, 2.24) is 9.88 Å². The lowest BCUT2D eigenvalue weighted by molar-refractivity contribution is 0.0794. The first-order chi connectivity index (χ1) is 15.9. The third-order valence-corrected chi connectivity index (χ3v) is 6.58. The van der Waals surface area contributed by atoms with E-state index in [0.29, 0.717) is 29.7 Å². The molecule has 0 aliphatic carbocycles. The van der Waals surface area contributed by atoms with Gasteiger partial charge >= 0.3 is 0 Å². The van der Waals surface area contributed by atoms with E-state index >= 15 is 0 Å². The van der Waals surface area contributed by atoms with E-state index in [4.69, 9.17) is 10.5 Å².